The molecule has 5 aromatic carbocycles. The molecular formula is C38H29N3. The van der Waals surface area contributed by atoms with Gasteiger partial charge in [-0.15, -0.1) is 0 Å². The van der Waals surface area contributed by atoms with Crippen LogP contribution in [0, 0.1) is 0 Å². The predicted octanol–water partition coefficient (Wildman–Crippen LogP) is 9.24. The van der Waals surface area contributed by atoms with Crippen LogP contribution in [0.2, 0.25) is 0 Å². The topological polar surface area (TPSA) is 29.6 Å². The Hall–Kier alpha value is -5.02. The van der Waals surface area contributed by atoms with Crippen molar-refractivity contribution in [3.05, 3.63) is 150 Å². The monoisotopic (exact) mass is 527 g/mol. The van der Waals surface area contributed by atoms with Crippen molar-refractivity contribution in [3.63, 3.8) is 0 Å². The van der Waals surface area contributed by atoms with Gasteiger partial charge in [0.1, 0.15) is 0 Å². The molecule has 0 spiro atoms. The largest absolute Gasteiger partial charge is 0.278 e. The first-order valence-corrected chi connectivity index (χ1v) is 14.2. The lowest BCUT2D eigenvalue weighted by Gasteiger charge is -2.21. The molecule has 0 atom stereocenters. The second-order valence-electron chi connectivity index (χ2n) is 11.4. The molecule has 0 amide bonds. The lowest BCUT2D eigenvalue weighted by Crippen LogP contribution is -2.16. The van der Waals surface area contributed by atoms with E-state index in [4.69, 9.17) is 9.98 Å². The van der Waals surface area contributed by atoms with E-state index in [-0.39, 0.29) is 5.41 Å². The first-order valence-electron chi connectivity index (χ1n) is 14.2. The number of nitrogens with zero attached hydrogens (tertiary/aromatic N) is 3. The number of benzene rings is 5. The summed E-state index contributed by atoms with van der Waals surface area (Å²) in [5, 5.41) is 2.43. The maximum Gasteiger partial charge on any atom is 0.235 e. The summed E-state index contributed by atoms with van der Waals surface area (Å²) in [6.45, 7) is 4.67. The van der Waals surface area contributed by atoms with Crippen molar-refractivity contribution in [3.8, 4) is 11.1 Å². The number of rotatable bonds is 2. The lowest BCUT2D eigenvalue weighted by molar-refractivity contribution is 0.661. The van der Waals surface area contributed by atoms with E-state index < -0.39 is 0 Å². The van der Waals surface area contributed by atoms with E-state index in [9.17, 15) is 0 Å². The molecule has 196 valence electrons. The highest BCUT2D eigenvalue weighted by Gasteiger charge is 2.36. The van der Waals surface area contributed by atoms with Crippen molar-refractivity contribution in [2.24, 2.45) is 9.98 Å². The van der Waals surface area contributed by atoms with Crippen molar-refractivity contribution < 1.29 is 0 Å². The fraction of sp³-hybridized carbons (Fsp3) is 0.105. The quantitative estimate of drug-likeness (QED) is 0.215. The fourth-order valence-electron chi connectivity index (χ4n) is 6.62. The maximum absolute atomic E-state index is 5.31. The molecule has 0 fully saturated rings. The van der Waals surface area contributed by atoms with Crippen molar-refractivity contribution >= 4 is 39.2 Å². The van der Waals surface area contributed by atoms with Crippen molar-refractivity contribution in [1.29, 1.82) is 0 Å². The Kier molecular flexibility index (Phi) is 5.23. The molecule has 0 saturated carbocycles. The molecule has 0 unspecified atom stereocenters. The minimum Gasteiger partial charge on any atom is -0.278 e. The number of allylic oxidation sites excluding steroid dienone is 1. The number of para-hydroxylation sites is 1. The summed E-state index contributed by atoms with van der Waals surface area (Å²) in [4.78, 5) is 10.6. The van der Waals surface area contributed by atoms with Crippen molar-refractivity contribution in [2.45, 2.75) is 25.7 Å². The van der Waals surface area contributed by atoms with Crippen LogP contribution in [-0.2, 0) is 5.41 Å². The Morgan fingerprint density at radius 3 is 2.07 bits per heavy atom. The van der Waals surface area contributed by atoms with Gasteiger partial charge in [-0.25, -0.2) is 9.98 Å². The summed E-state index contributed by atoms with van der Waals surface area (Å²) in [5.74, 6) is 0.691. The first-order chi connectivity index (χ1) is 20.1. The van der Waals surface area contributed by atoms with E-state index >= 15 is 0 Å². The standard InChI is InChI=1S/C38H29N3/c1-38(2)31-19-11-9-17-27(31)29-23-30-28-18-10-12-20-35(28)41(36(30)24-32(29)38)37-39-33(25-13-5-3-6-14-25)21-22-34(40-37)26-15-7-4-8-16-26/h3-21,23-24H,22H2,1-2H3. The van der Waals surface area contributed by atoms with Gasteiger partial charge in [-0.1, -0.05) is 123 Å². The number of hydrogen-bond donors (Lipinski definition) is 0. The third-order valence-corrected chi connectivity index (χ3v) is 8.70. The molecule has 3 heteroatoms. The van der Waals surface area contributed by atoms with E-state index in [1.54, 1.807) is 0 Å². The second kappa shape index (κ2) is 9.00. The molecular weight excluding hydrogens is 498 g/mol. The smallest absolute Gasteiger partial charge is 0.235 e. The molecule has 0 radical (unpaired) electrons. The van der Waals surface area contributed by atoms with Gasteiger partial charge in [0.2, 0.25) is 5.96 Å². The van der Waals surface area contributed by atoms with Crippen LogP contribution < -0.4 is 0 Å². The van der Waals surface area contributed by atoms with Crippen molar-refractivity contribution in [1.82, 2.24) is 4.57 Å². The molecule has 3 nitrogen and oxygen atoms in total. The number of fused-ring (bicyclic) bond motifs is 6. The van der Waals surface area contributed by atoms with Gasteiger partial charge in [0.15, 0.2) is 0 Å². The molecule has 1 aromatic heterocycles. The van der Waals surface area contributed by atoms with Crippen LogP contribution in [0.4, 0.5) is 0 Å². The van der Waals surface area contributed by atoms with Gasteiger partial charge in [0.05, 0.1) is 22.4 Å². The Labute approximate surface area is 239 Å². The number of aromatic nitrogens is 1. The van der Waals surface area contributed by atoms with Gasteiger partial charge >= 0.3 is 0 Å². The van der Waals surface area contributed by atoms with Crippen LogP contribution >= 0.6 is 0 Å². The molecule has 0 N–H and O–H groups in total. The third-order valence-electron chi connectivity index (χ3n) is 8.70. The first kappa shape index (κ1) is 23.8. The van der Waals surface area contributed by atoms with Crippen LogP contribution in [-0.4, -0.2) is 16.2 Å². The van der Waals surface area contributed by atoms with Crippen LogP contribution in [0.15, 0.2) is 137 Å². The maximum atomic E-state index is 5.31. The van der Waals surface area contributed by atoms with Crippen LogP contribution in [0.25, 0.3) is 38.6 Å². The predicted molar refractivity (Wildman–Crippen MR) is 172 cm³/mol. The number of hydrogen-bond acceptors (Lipinski definition) is 2. The molecule has 0 bridgehead atoms. The van der Waals surface area contributed by atoms with E-state index in [0.717, 1.165) is 33.6 Å². The van der Waals surface area contributed by atoms with Crippen molar-refractivity contribution in [2.75, 3.05) is 0 Å². The van der Waals surface area contributed by atoms with E-state index in [0.29, 0.717) is 12.4 Å². The SMILES string of the molecule is CC1(C)c2ccccc2-c2cc3c4ccccc4n(C4=NC(c5ccccc5)=CCC(c5ccccc5)=N4)c3cc21. The highest BCUT2D eigenvalue weighted by molar-refractivity contribution is 6.19. The van der Waals surface area contributed by atoms with E-state index in [1.807, 2.05) is 12.1 Å². The van der Waals surface area contributed by atoms with Gasteiger partial charge in [0.25, 0.3) is 0 Å². The highest BCUT2D eigenvalue weighted by Crippen LogP contribution is 2.50. The van der Waals surface area contributed by atoms with Gasteiger partial charge in [-0.3, -0.25) is 4.57 Å². The normalized spacial score (nSPS) is 15.6. The van der Waals surface area contributed by atoms with E-state index in [1.165, 1.54) is 33.0 Å². The average Bonchev–Trinajstić information content (AvgIpc) is 3.33. The molecule has 41 heavy (non-hydrogen) atoms. The van der Waals surface area contributed by atoms with Crippen LogP contribution in [0.5, 0.6) is 0 Å². The average molecular weight is 528 g/mol. The Balaban J connectivity index is 1.44. The van der Waals surface area contributed by atoms with Gasteiger partial charge < -0.3 is 0 Å². The van der Waals surface area contributed by atoms with Crippen LogP contribution in [0.3, 0.4) is 0 Å². The fourth-order valence-corrected chi connectivity index (χ4v) is 6.62. The Morgan fingerprint density at radius 1 is 0.585 bits per heavy atom. The summed E-state index contributed by atoms with van der Waals surface area (Å²) < 4.78 is 2.27. The van der Waals surface area contributed by atoms with Gasteiger partial charge in [0, 0.05) is 22.6 Å². The molecule has 2 heterocycles. The minimum absolute atomic E-state index is 0.0970. The molecule has 2 aliphatic rings. The summed E-state index contributed by atoms with van der Waals surface area (Å²) in [5.41, 5.74) is 11.7. The summed E-state index contributed by atoms with van der Waals surface area (Å²) >= 11 is 0. The zero-order valence-corrected chi connectivity index (χ0v) is 23.2. The molecule has 6 aromatic rings. The molecule has 0 saturated heterocycles. The molecule has 8 rings (SSSR count). The van der Waals surface area contributed by atoms with Crippen LogP contribution in [0.1, 0.15) is 42.5 Å². The summed E-state index contributed by atoms with van der Waals surface area (Å²) in [7, 11) is 0. The lowest BCUT2D eigenvalue weighted by atomic mass is 9.82. The van der Waals surface area contributed by atoms with Gasteiger partial charge in [-0.2, -0.15) is 0 Å². The molecule has 1 aliphatic heterocycles. The zero-order chi connectivity index (χ0) is 27.6. The Morgan fingerprint density at radius 2 is 1.27 bits per heavy atom. The highest BCUT2D eigenvalue weighted by atomic mass is 15.2. The summed E-state index contributed by atoms with van der Waals surface area (Å²) in [6.07, 6.45) is 2.91. The minimum atomic E-state index is -0.0970. The Bertz CT molecular complexity index is 2070. The van der Waals surface area contributed by atoms with E-state index in [2.05, 4.69) is 134 Å². The third kappa shape index (κ3) is 3.66. The number of aliphatic imine (C=N–C) groups is 2. The summed E-state index contributed by atoms with van der Waals surface area (Å²) in [6, 6.07) is 43.2. The zero-order valence-electron chi connectivity index (χ0n) is 23.2. The van der Waals surface area contributed by atoms with Gasteiger partial charge in [-0.05, 0) is 51.6 Å². The molecule has 1 aliphatic carbocycles. The second-order valence-corrected chi connectivity index (χ2v) is 11.4.